The molecule has 1 heterocycles. The number of carbonyl (C=O) groups is 1. The molecular weight excluding hydrogens is 182 g/mol. The summed E-state index contributed by atoms with van der Waals surface area (Å²) in [5.41, 5.74) is 4.80. The predicted octanol–water partition coefficient (Wildman–Crippen LogP) is -3.73. The standard InChI is InChI=1S/C6H11NO6/c7-5(11)4-2(9)1(8)3(10)6(12)13-4/h1-4,6,8-10,12H,(H2,7,11)/t1-,2-,3+,4-,6+/m0/s1. The zero-order valence-corrected chi connectivity index (χ0v) is 6.57. The van der Waals surface area contributed by atoms with Crippen molar-refractivity contribution in [2.45, 2.75) is 30.7 Å². The highest BCUT2D eigenvalue weighted by Gasteiger charge is 2.45. The molecule has 7 nitrogen and oxygen atoms in total. The first-order chi connectivity index (χ1) is 5.95. The molecule has 0 aromatic rings. The summed E-state index contributed by atoms with van der Waals surface area (Å²) in [7, 11) is 0. The maximum Gasteiger partial charge on any atom is 0.249 e. The van der Waals surface area contributed by atoms with Gasteiger partial charge in [-0.05, 0) is 0 Å². The lowest BCUT2D eigenvalue weighted by atomic mass is 9.99. The normalized spacial score (nSPS) is 46.0. The van der Waals surface area contributed by atoms with Gasteiger partial charge in [-0.15, -0.1) is 0 Å². The van der Waals surface area contributed by atoms with Crippen molar-refractivity contribution in [3.63, 3.8) is 0 Å². The third kappa shape index (κ3) is 1.79. The molecular formula is C6H11NO6. The van der Waals surface area contributed by atoms with E-state index < -0.39 is 36.6 Å². The van der Waals surface area contributed by atoms with Crippen molar-refractivity contribution in [2.24, 2.45) is 5.73 Å². The molecule has 76 valence electrons. The Bertz CT molecular complexity index is 209. The number of nitrogens with two attached hydrogens (primary N) is 1. The molecule has 1 rings (SSSR count). The molecule has 6 N–H and O–H groups in total. The fraction of sp³-hybridized carbons (Fsp3) is 0.833. The lowest BCUT2D eigenvalue weighted by molar-refractivity contribution is -0.275. The Morgan fingerprint density at radius 3 is 2.08 bits per heavy atom. The molecule has 1 fully saturated rings. The second-order valence-electron chi connectivity index (χ2n) is 2.82. The van der Waals surface area contributed by atoms with Crippen LogP contribution in [-0.4, -0.2) is 57.0 Å². The Morgan fingerprint density at radius 1 is 1.08 bits per heavy atom. The summed E-state index contributed by atoms with van der Waals surface area (Å²) in [6, 6.07) is 0. The van der Waals surface area contributed by atoms with E-state index in [4.69, 9.17) is 26.2 Å². The smallest absolute Gasteiger partial charge is 0.249 e. The number of hydrogen-bond donors (Lipinski definition) is 5. The third-order valence-corrected chi connectivity index (χ3v) is 1.87. The first kappa shape index (κ1) is 10.4. The van der Waals surface area contributed by atoms with Gasteiger partial charge in [-0.25, -0.2) is 0 Å². The number of aliphatic hydroxyl groups is 4. The average molecular weight is 193 g/mol. The molecule has 1 saturated heterocycles. The van der Waals surface area contributed by atoms with Gasteiger partial charge in [0, 0.05) is 0 Å². The van der Waals surface area contributed by atoms with E-state index in [1.165, 1.54) is 0 Å². The van der Waals surface area contributed by atoms with E-state index in [0.29, 0.717) is 0 Å². The Hall–Kier alpha value is -0.730. The van der Waals surface area contributed by atoms with E-state index in [0.717, 1.165) is 0 Å². The summed E-state index contributed by atoms with van der Waals surface area (Å²) in [4.78, 5) is 10.6. The molecule has 0 radical (unpaired) electrons. The number of carbonyl (C=O) groups excluding carboxylic acids is 1. The van der Waals surface area contributed by atoms with Gasteiger partial charge in [0.15, 0.2) is 12.4 Å². The summed E-state index contributed by atoms with van der Waals surface area (Å²) in [6.45, 7) is 0. The zero-order chi connectivity index (χ0) is 10.2. The minimum absolute atomic E-state index is 1.02. The van der Waals surface area contributed by atoms with Gasteiger partial charge in [-0.1, -0.05) is 0 Å². The first-order valence-electron chi connectivity index (χ1n) is 3.62. The highest BCUT2D eigenvalue weighted by Crippen LogP contribution is 2.19. The monoisotopic (exact) mass is 193 g/mol. The molecule has 1 aliphatic rings. The molecule has 0 aromatic heterocycles. The van der Waals surface area contributed by atoms with Gasteiger partial charge >= 0.3 is 0 Å². The molecule has 1 amide bonds. The number of primary amides is 1. The quantitative estimate of drug-likeness (QED) is 0.291. The SMILES string of the molecule is NC(=O)[C@H]1O[C@@H](O)[C@H](O)[C@@H](O)[C@@H]1O. The fourth-order valence-corrected chi connectivity index (χ4v) is 1.10. The highest BCUT2D eigenvalue weighted by atomic mass is 16.6. The van der Waals surface area contributed by atoms with Gasteiger partial charge in [0.1, 0.15) is 18.3 Å². The van der Waals surface area contributed by atoms with Gasteiger partial charge in [-0.3, -0.25) is 4.79 Å². The van der Waals surface area contributed by atoms with Crippen molar-refractivity contribution in [3.05, 3.63) is 0 Å². The first-order valence-corrected chi connectivity index (χ1v) is 3.62. The summed E-state index contributed by atoms with van der Waals surface area (Å²) in [5.74, 6) is -1.02. The van der Waals surface area contributed by atoms with Gasteiger partial charge in [0.05, 0.1) is 0 Å². The van der Waals surface area contributed by atoms with Crippen molar-refractivity contribution in [1.82, 2.24) is 0 Å². The van der Waals surface area contributed by atoms with E-state index in [9.17, 15) is 4.79 Å². The van der Waals surface area contributed by atoms with Gasteiger partial charge < -0.3 is 30.9 Å². The van der Waals surface area contributed by atoms with Gasteiger partial charge in [-0.2, -0.15) is 0 Å². The van der Waals surface area contributed by atoms with Gasteiger partial charge in [0.25, 0.3) is 0 Å². The molecule has 0 spiro atoms. The molecule has 13 heavy (non-hydrogen) atoms. The van der Waals surface area contributed by atoms with Crippen LogP contribution in [0.5, 0.6) is 0 Å². The fourth-order valence-electron chi connectivity index (χ4n) is 1.10. The predicted molar refractivity (Wildman–Crippen MR) is 38.1 cm³/mol. The minimum Gasteiger partial charge on any atom is -0.387 e. The lowest BCUT2D eigenvalue weighted by Gasteiger charge is -2.36. The van der Waals surface area contributed by atoms with Crippen LogP contribution < -0.4 is 5.73 Å². The minimum atomic E-state index is -1.73. The topological polar surface area (TPSA) is 133 Å². The zero-order valence-electron chi connectivity index (χ0n) is 6.57. The second kappa shape index (κ2) is 3.56. The third-order valence-electron chi connectivity index (χ3n) is 1.87. The molecule has 0 bridgehead atoms. The summed E-state index contributed by atoms with van der Waals surface area (Å²) in [6.07, 6.45) is -8.16. The Labute approximate surface area is 73.4 Å². The van der Waals surface area contributed by atoms with Crippen LogP contribution in [0.2, 0.25) is 0 Å². The van der Waals surface area contributed by atoms with E-state index in [2.05, 4.69) is 4.74 Å². The van der Waals surface area contributed by atoms with Crippen LogP contribution in [0.3, 0.4) is 0 Å². The molecule has 0 saturated carbocycles. The van der Waals surface area contributed by atoms with Crippen LogP contribution in [0.1, 0.15) is 0 Å². The van der Waals surface area contributed by atoms with Crippen molar-refractivity contribution < 1.29 is 30.0 Å². The van der Waals surface area contributed by atoms with E-state index in [1.54, 1.807) is 0 Å². The van der Waals surface area contributed by atoms with Crippen LogP contribution in [0.25, 0.3) is 0 Å². The van der Waals surface area contributed by atoms with E-state index in [1.807, 2.05) is 0 Å². The number of amides is 1. The summed E-state index contributed by atoms with van der Waals surface area (Å²) in [5, 5.41) is 36.2. The largest absolute Gasteiger partial charge is 0.387 e. The maximum atomic E-state index is 10.6. The number of hydrogen-bond acceptors (Lipinski definition) is 6. The number of ether oxygens (including phenoxy) is 1. The summed E-state index contributed by atoms with van der Waals surface area (Å²) < 4.78 is 4.46. The summed E-state index contributed by atoms with van der Waals surface area (Å²) >= 11 is 0. The lowest BCUT2D eigenvalue weighted by Crippen LogP contribution is -2.60. The second-order valence-corrected chi connectivity index (χ2v) is 2.82. The van der Waals surface area contributed by atoms with Crippen molar-refractivity contribution >= 4 is 5.91 Å². The van der Waals surface area contributed by atoms with Crippen molar-refractivity contribution in [2.75, 3.05) is 0 Å². The van der Waals surface area contributed by atoms with E-state index >= 15 is 0 Å². The molecule has 0 aromatic carbocycles. The van der Waals surface area contributed by atoms with Crippen LogP contribution >= 0.6 is 0 Å². The van der Waals surface area contributed by atoms with E-state index in [-0.39, 0.29) is 0 Å². The average Bonchev–Trinajstić information content (AvgIpc) is 2.07. The van der Waals surface area contributed by atoms with Crippen LogP contribution in [-0.2, 0) is 9.53 Å². The molecule has 0 aliphatic carbocycles. The molecule has 1 aliphatic heterocycles. The molecule has 5 atom stereocenters. The van der Waals surface area contributed by atoms with Crippen LogP contribution in [0, 0.1) is 0 Å². The Balaban J connectivity index is 2.76. The van der Waals surface area contributed by atoms with Crippen LogP contribution in [0.15, 0.2) is 0 Å². The number of rotatable bonds is 1. The van der Waals surface area contributed by atoms with Crippen LogP contribution in [0.4, 0.5) is 0 Å². The number of aliphatic hydroxyl groups excluding tert-OH is 4. The van der Waals surface area contributed by atoms with Gasteiger partial charge in [0.2, 0.25) is 5.91 Å². The van der Waals surface area contributed by atoms with Crippen molar-refractivity contribution in [3.8, 4) is 0 Å². The Morgan fingerprint density at radius 2 is 1.62 bits per heavy atom. The molecule has 7 heteroatoms. The molecule has 0 unspecified atom stereocenters. The highest BCUT2D eigenvalue weighted by molar-refractivity contribution is 5.79. The Kier molecular flexibility index (Phi) is 2.84. The maximum absolute atomic E-state index is 10.6. The van der Waals surface area contributed by atoms with Crippen molar-refractivity contribution in [1.29, 1.82) is 0 Å².